The van der Waals surface area contributed by atoms with Crippen LogP contribution < -0.4 is 0 Å². The monoisotopic (exact) mass is 352 g/mol. The van der Waals surface area contributed by atoms with Crippen molar-refractivity contribution in [1.29, 1.82) is 0 Å². The fourth-order valence-electron chi connectivity index (χ4n) is 2.45. The number of rotatable bonds is 1. The first-order chi connectivity index (χ1) is 8.25. The minimum atomic E-state index is -1.14. The minimum Gasteiger partial charge on any atom is -0.384 e. The highest BCUT2D eigenvalue weighted by Crippen LogP contribution is 2.46. The molecular formula is C13H15BrClFOS. The number of hydrogen-bond acceptors (Lipinski definition) is 2. The van der Waals surface area contributed by atoms with Crippen molar-refractivity contribution in [3.8, 4) is 0 Å². The van der Waals surface area contributed by atoms with Gasteiger partial charge in [0, 0.05) is 15.8 Å². The Morgan fingerprint density at radius 3 is 2.67 bits per heavy atom. The highest BCUT2D eigenvalue weighted by Gasteiger charge is 2.42. The molecule has 5 heteroatoms. The molecule has 0 amide bonds. The van der Waals surface area contributed by atoms with Crippen LogP contribution in [0.3, 0.4) is 0 Å². The van der Waals surface area contributed by atoms with E-state index in [1.54, 1.807) is 23.9 Å². The highest BCUT2D eigenvalue weighted by molar-refractivity contribution is 9.10. The molecule has 0 radical (unpaired) electrons. The lowest BCUT2D eigenvalue weighted by molar-refractivity contribution is 0.0125. The van der Waals surface area contributed by atoms with Crippen LogP contribution in [-0.4, -0.2) is 16.6 Å². The van der Waals surface area contributed by atoms with Crippen LogP contribution in [0.5, 0.6) is 0 Å². The lowest BCUT2D eigenvalue weighted by atomic mass is 9.78. The normalized spacial score (nSPS) is 27.2. The van der Waals surface area contributed by atoms with Crippen molar-refractivity contribution in [2.75, 3.05) is 11.5 Å². The van der Waals surface area contributed by atoms with Crippen LogP contribution in [0.15, 0.2) is 16.6 Å². The molecule has 18 heavy (non-hydrogen) atoms. The molecule has 1 unspecified atom stereocenters. The molecule has 1 aliphatic rings. The van der Waals surface area contributed by atoms with Crippen molar-refractivity contribution in [1.82, 2.24) is 0 Å². The van der Waals surface area contributed by atoms with Gasteiger partial charge in [0.25, 0.3) is 0 Å². The van der Waals surface area contributed by atoms with Gasteiger partial charge in [0.2, 0.25) is 0 Å². The second kappa shape index (κ2) is 4.97. The summed E-state index contributed by atoms with van der Waals surface area (Å²) >= 11 is 10.7. The van der Waals surface area contributed by atoms with E-state index in [4.69, 9.17) is 11.6 Å². The van der Waals surface area contributed by atoms with Gasteiger partial charge in [-0.2, -0.15) is 11.8 Å². The minimum absolute atomic E-state index is 0.0103. The molecule has 0 aromatic heterocycles. The number of halogens is 3. The van der Waals surface area contributed by atoms with E-state index >= 15 is 0 Å². The van der Waals surface area contributed by atoms with Crippen LogP contribution in [0.25, 0.3) is 0 Å². The zero-order valence-corrected chi connectivity index (χ0v) is 13.4. The van der Waals surface area contributed by atoms with Crippen LogP contribution in [0.4, 0.5) is 4.39 Å². The lowest BCUT2D eigenvalue weighted by Crippen LogP contribution is -2.40. The molecule has 100 valence electrons. The van der Waals surface area contributed by atoms with Crippen molar-refractivity contribution in [3.05, 3.63) is 33.0 Å². The van der Waals surface area contributed by atoms with Gasteiger partial charge in [-0.15, -0.1) is 0 Å². The smallest absolute Gasteiger partial charge is 0.149 e. The third kappa shape index (κ3) is 2.72. The van der Waals surface area contributed by atoms with Gasteiger partial charge in [0.1, 0.15) is 11.4 Å². The summed E-state index contributed by atoms with van der Waals surface area (Å²) in [4.78, 5) is 0. The van der Waals surface area contributed by atoms with E-state index in [-0.39, 0.29) is 10.4 Å². The molecule has 2 rings (SSSR count). The molecule has 0 bridgehead atoms. The van der Waals surface area contributed by atoms with Gasteiger partial charge in [0.15, 0.2) is 0 Å². The first-order valence-corrected chi connectivity index (χ1v) is 8.02. The summed E-state index contributed by atoms with van der Waals surface area (Å²) in [5.74, 6) is 0.957. The van der Waals surface area contributed by atoms with E-state index in [1.165, 1.54) is 0 Å². The molecule has 1 aromatic carbocycles. The van der Waals surface area contributed by atoms with Crippen LogP contribution in [-0.2, 0) is 5.60 Å². The predicted molar refractivity (Wildman–Crippen MR) is 78.7 cm³/mol. The van der Waals surface area contributed by atoms with Crippen LogP contribution in [0.1, 0.15) is 25.8 Å². The number of hydrogen-bond donors (Lipinski definition) is 1. The van der Waals surface area contributed by atoms with Crippen LogP contribution >= 0.6 is 39.3 Å². The molecule has 1 atom stereocenters. The molecule has 0 aliphatic carbocycles. The van der Waals surface area contributed by atoms with Crippen molar-refractivity contribution >= 4 is 39.3 Å². The Hall–Kier alpha value is 0.230. The predicted octanol–water partition coefficient (Wildman–Crippen LogP) is 4.59. The van der Waals surface area contributed by atoms with Gasteiger partial charge in [-0.25, -0.2) is 4.39 Å². The van der Waals surface area contributed by atoms with E-state index < -0.39 is 11.4 Å². The highest BCUT2D eigenvalue weighted by atomic mass is 79.9. The summed E-state index contributed by atoms with van der Waals surface area (Å²) < 4.78 is 14.7. The third-order valence-corrected chi connectivity index (χ3v) is 6.07. The van der Waals surface area contributed by atoms with Crippen molar-refractivity contribution < 1.29 is 9.50 Å². The molecule has 1 heterocycles. The van der Waals surface area contributed by atoms with E-state index in [1.807, 2.05) is 0 Å². The average molecular weight is 354 g/mol. The van der Waals surface area contributed by atoms with Crippen molar-refractivity contribution in [3.63, 3.8) is 0 Å². The third-order valence-electron chi connectivity index (χ3n) is 3.14. The first-order valence-electron chi connectivity index (χ1n) is 5.69. The van der Waals surface area contributed by atoms with E-state index in [9.17, 15) is 9.50 Å². The Balaban J connectivity index is 2.44. The van der Waals surface area contributed by atoms with Crippen molar-refractivity contribution in [2.24, 2.45) is 5.41 Å². The maximum absolute atomic E-state index is 14.2. The Morgan fingerprint density at radius 1 is 1.39 bits per heavy atom. The van der Waals surface area contributed by atoms with Gasteiger partial charge in [-0.3, -0.25) is 0 Å². The Morgan fingerprint density at radius 2 is 2.06 bits per heavy atom. The van der Waals surface area contributed by atoms with Crippen LogP contribution in [0, 0.1) is 11.2 Å². The van der Waals surface area contributed by atoms with E-state index in [0.29, 0.717) is 22.2 Å². The summed E-state index contributed by atoms with van der Waals surface area (Å²) in [6.45, 7) is 4.17. The van der Waals surface area contributed by atoms with Gasteiger partial charge in [-0.05, 0) is 39.6 Å². The molecule has 0 spiro atoms. The van der Waals surface area contributed by atoms with Crippen molar-refractivity contribution in [2.45, 2.75) is 25.9 Å². The Bertz CT molecular complexity index is 480. The van der Waals surface area contributed by atoms with Gasteiger partial charge in [0.05, 0.1) is 5.02 Å². The quantitative estimate of drug-likeness (QED) is 0.745. The van der Waals surface area contributed by atoms with Gasteiger partial charge < -0.3 is 5.11 Å². The first kappa shape index (κ1) is 14.6. The summed E-state index contributed by atoms with van der Waals surface area (Å²) in [7, 11) is 0. The zero-order chi connectivity index (χ0) is 13.6. The molecule has 1 saturated heterocycles. The molecular weight excluding hydrogens is 339 g/mol. The van der Waals surface area contributed by atoms with Crippen LogP contribution in [0.2, 0.25) is 5.02 Å². The van der Waals surface area contributed by atoms with Gasteiger partial charge in [-0.1, -0.05) is 31.5 Å². The standard InChI is InChI=1S/C13H15BrClFOS/c1-12(2)5-13(17,7-18-6-12)8-3-4-9(14)10(15)11(8)16/h3-4,17H,5-7H2,1-2H3. The molecule has 1 aliphatic heterocycles. The van der Waals surface area contributed by atoms with E-state index in [2.05, 4.69) is 29.8 Å². The molecule has 0 saturated carbocycles. The fourth-order valence-corrected chi connectivity index (χ4v) is 4.27. The maximum atomic E-state index is 14.2. The second-order valence-corrected chi connectivity index (χ2v) is 7.81. The Labute approximate surface area is 124 Å². The lowest BCUT2D eigenvalue weighted by Gasteiger charge is -2.41. The summed E-state index contributed by atoms with van der Waals surface area (Å²) in [5, 5.41) is 10.8. The summed E-state index contributed by atoms with van der Waals surface area (Å²) in [6.07, 6.45) is 0.544. The SMILES string of the molecule is CC1(C)CSCC(O)(c2ccc(Br)c(Cl)c2F)C1. The number of thioether (sulfide) groups is 1. The largest absolute Gasteiger partial charge is 0.384 e. The number of aliphatic hydroxyl groups is 1. The molecule has 1 fully saturated rings. The van der Waals surface area contributed by atoms with Gasteiger partial charge >= 0.3 is 0 Å². The topological polar surface area (TPSA) is 20.2 Å². The Kier molecular flexibility index (Phi) is 4.04. The zero-order valence-electron chi connectivity index (χ0n) is 10.3. The summed E-state index contributed by atoms with van der Waals surface area (Å²) in [6, 6.07) is 3.30. The van der Waals surface area contributed by atoms with E-state index in [0.717, 1.165) is 5.75 Å². The average Bonchev–Trinajstić information content (AvgIpc) is 2.23. The number of benzene rings is 1. The maximum Gasteiger partial charge on any atom is 0.149 e. The summed E-state index contributed by atoms with van der Waals surface area (Å²) in [5.41, 5.74) is -0.846. The fraction of sp³-hybridized carbons (Fsp3) is 0.538. The molecule has 1 nitrogen and oxygen atoms in total. The molecule has 1 N–H and O–H groups in total. The second-order valence-electron chi connectivity index (χ2n) is 5.59. The molecule has 1 aromatic rings.